The molecule has 2 heterocycles. The molecule has 0 saturated heterocycles. The van der Waals surface area contributed by atoms with Crippen molar-refractivity contribution in [3.63, 3.8) is 0 Å². The van der Waals surface area contributed by atoms with E-state index in [-0.39, 0.29) is 12.2 Å². The van der Waals surface area contributed by atoms with Gasteiger partial charge in [0, 0.05) is 23.5 Å². The number of aryl methyl sites for hydroxylation is 1. The molecule has 4 rings (SSSR count). The number of nitrogens with zero attached hydrogens (tertiary/aromatic N) is 3. The number of hydrogen-bond acceptors (Lipinski definition) is 4. The Morgan fingerprint density at radius 2 is 1.89 bits per heavy atom. The van der Waals surface area contributed by atoms with Crippen LogP contribution in [0, 0.1) is 6.92 Å². The molecule has 142 valence electrons. The first-order chi connectivity index (χ1) is 13.6. The largest absolute Gasteiger partial charge is 0.497 e. The maximum atomic E-state index is 13.1. The van der Waals surface area contributed by atoms with E-state index in [2.05, 4.69) is 11.2 Å². The van der Waals surface area contributed by atoms with Gasteiger partial charge in [-0.05, 0) is 36.8 Å². The standard InChI is InChI=1S/C22H21N3O3/c1-15-4-3-5-16(12-15)13-24-10-11-25-21(22(24)27)19(14-26)20(23-25)17-6-8-18(28-2)9-7-17/h3-12,26H,13-14H2,1-2H3. The van der Waals surface area contributed by atoms with Crippen LogP contribution in [0.4, 0.5) is 0 Å². The average Bonchev–Trinajstić information content (AvgIpc) is 3.09. The Hall–Kier alpha value is -3.38. The predicted molar refractivity (Wildman–Crippen MR) is 108 cm³/mol. The number of ether oxygens (including phenoxy) is 1. The summed E-state index contributed by atoms with van der Waals surface area (Å²) in [6, 6.07) is 15.5. The Balaban J connectivity index is 1.82. The summed E-state index contributed by atoms with van der Waals surface area (Å²) in [4.78, 5) is 13.1. The molecule has 6 nitrogen and oxygen atoms in total. The van der Waals surface area contributed by atoms with E-state index in [4.69, 9.17) is 4.74 Å². The Morgan fingerprint density at radius 1 is 1.11 bits per heavy atom. The number of fused-ring (bicyclic) bond motifs is 1. The molecular formula is C22H21N3O3. The van der Waals surface area contributed by atoms with Crippen LogP contribution in [0.15, 0.2) is 65.7 Å². The fraction of sp³-hybridized carbons (Fsp3) is 0.182. The molecule has 0 aliphatic heterocycles. The van der Waals surface area contributed by atoms with Crippen LogP contribution in [0.1, 0.15) is 16.7 Å². The minimum Gasteiger partial charge on any atom is -0.497 e. The number of rotatable bonds is 5. The van der Waals surface area contributed by atoms with Gasteiger partial charge in [-0.15, -0.1) is 0 Å². The first-order valence-electron chi connectivity index (χ1n) is 9.02. The molecule has 0 aliphatic rings. The summed E-state index contributed by atoms with van der Waals surface area (Å²) in [7, 11) is 1.61. The lowest BCUT2D eigenvalue weighted by molar-refractivity contribution is 0.283. The van der Waals surface area contributed by atoms with Gasteiger partial charge in [0.2, 0.25) is 0 Å². The third-order valence-corrected chi connectivity index (χ3v) is 4.82. The molecule has 0 fully saturated rings. The van der Waals surface area contributed by atoms with Crippen molar-refractivity contribution in [3.05, 3.63) is 88.0 Å². The summed E-state index contributed by atoms with van der Waals surface area (Å²) >= 11 is 0. The molecule has 0 amide bonds. The fourth-order valence-corrected chi connectivity index (χ4v) is 3.41. The zero-order valence-corrected chi connectivity index (χ0v) is 15.8. The number of hydrogen-bond donors (Lipinski definition) is 1. The number of aliphatic hydroxyl groups excluding tert-OH is 1. The fourth-order valence-electron chi connectivity index (χ4n) is 3.41. The molecule has 0 spiro atoms. The summed E-state index contributed by atoms with van der Waals surface area (Å²) in [5, 5.41) is 14.5. The lowest BCUT2D eigenvalue weighted by atomic mass is 10.1. The Kier molecular flexibility index (Phi) is 4.71. The van der Waals surface area contributed by atoms with Crippen LogP contribution in [0.25, 0.3) is 16.8 Å². The highest BCUT2D eigenvalue weighted by atomic mass is 16.5. The van der Waals surface area contributed by atoms with Gasteiger partial charge in [0.1, 0.15) is 11.3 Å². The lowest BCUT2D eigenvalue weighted by Gasteiger charge is -2.07. The summed E-state index contributed by atoms with van der Waals surface area (Å²) in [6.07, 6.45) is 3.47. The monoisotopic (exact) mass is 375 g/mol. The normalized spacial score (nSPS) is 11.1. The predicted octanol–water partition coefficient (Wildman–Crippen LogP) is 3.02. The van der Waals surface area contributed by atoms with Gasteiger partial charge in [0.05, 0.1) is 26.0 Å². The highest BCUT2D eigenvalue weighted by Crippen LogP contribution is 2.26. The third-order valence-electron chi connectivity index (χ3n) is 4.82. The molecule has 0 unspecified atom stereocenters. The van der Waals surface area contributed by atoms with Crippen LogP contribution >= 0.6 is 0 Å². The Morgan fingerprint density at radius 3 is 2.57 bits per heavy atom. The second-order valence-electron chi connectivity index (χ2n) is 6.73. The lowest BCUT2D eigenvalue weighted by Crippen LogP contribution is -2.22. The molecule has 0 aliphatic carbocycles. The van der Waals surface area contributed by atoms with Crippen molar-refractivity contribution in [2.75, 3.05) is 7.11 Å². The minimum absolute atomic E-state index is 0.180. The van der Waals surface area contributed by atoms with Crippen molar-refractivity contribution in [2.24, 2.45) is 0 Å². The van der Waals surface area contributed by atoms with Crippen molar-refractivity contribution in [3.8, 4) is 17.0 Å². The van der Waals surface area contributed by atoms with Crippen molar-refractivity contribution in [1.29, 1.82) is 0 Å². The van der Waals surface area contributed by atoms with E-state index in [9.17, 15) is 9.90 Å². The molecule has 4 aromatic rings. The van der Waals surface area contributed by atoms with E-state index in [0.29, 0.717) is 23.3 Å². The van der Waals surface area contributed by atoms with Crippen LogP contribution in [0.5, 0.6) is 5.75 Å². The maximum Gasteiger partial charge on any atom is 0.277 e. The topological polar surface area (TPSA) is 68.8 Å². The molecule has 1 N–H and O–H groups in total. The van der Waals surface area contributed by atoms with Gasteiger partial charge in [-0.1, -0.05) is 29.8 Å². The summed E-state index contributed by atoms with van der Waals surface area (Å²) in [5.41, 5.74) is 4.34. The van der Waals surface area contributed by atoms with Gasteiger partial charge in [-0.25, -0.2) is 4.52 Å². The van der Waals surface area contributed by atoms with Crippen LogP contribution in [0.2, 0.25) is 0 Å². The van der Waals surface area contributed by atoms with E-state index >= 15 is 0 Å². The first-order valence-corrected chi connectivity index (χ1v) is 9.02. The highest BCUT2D eigenvalue weighted by molar-refractivity contribution is 5.72. The maximum absolute atomic E-state index is 13.1. The second kappa shape index (κ2) is 7.32. The van der Waals surface area contributed by atoms with E-state index in [1.165, 1.54) is 0 Å². The molecule has 0 saturated carbocycles. The van der Waals surface area contributed by atoms with Gasteiger partial charge < -0.3 is 14.4 Å². The summed E-state index contributed by atoms with van der Waals surface area (Å²) < 4.78 is 8.38. The third kappa shape index (κ3) is 3.18. The summed E-state index contributed by atoms with van der Waals surface area (Å²) in [6.45, 7) is 2.22. The number of aromatic nitrogens is 3. The Labute approximate surface area is 162 Å². The van der Waals surface area contributed by atoms with Gasteiger partial charge in [0.25, 0.3) is 5.56 Å². The first kappa shape index (κ1) is 18.0. The molecule has 2 aromatic heterocycles. The molecule has 28 heavy (non-hydrogen) atoms. The molecule has 0 radical (unpaired) electrons. The quantitative estimate of drug-likeness (QED) is 0.582. The van der Waals surface area contributed by atoms with E-state index in [0.717, 1.165) is 22.4 Å². The van der Waals surface area contributed by atoms with Gasteiger partial charge in [-0.2, -0.15) is 5.10 Å². The average molecular weight is 375 g/mol. The zero-order chi connectivity index (χ0) is 19.7. The van der Waals surface area contributed by atoms with Crippen LogP contribution in [0.3, 0.4) is 0 Å². The Bertz CT molecular complexity index is 1190. The van der Waals surface area contributed by atoms with Crippen molar-refractivity contribution < 1.29 is 9.84 Å². The number of benzene rings is 2. The number of aliphatic hydroxyl groups is 1. The van der Waals surface area contributed by atoms with Crippen molar-refractivity contribution in [2.45, 2.75) is 20.1 Å². The van der Waals surface area contributed by atoms with Crippen LogP contribution < -0.4 is 10.3 Å². The molecule has 2 aromatic carbocycles. The van der Waals surface area contributed by atoms with Gasteiger partial charge in [-0.3, -0.25) is 4.79 Å². The zero-order valence-electron chi connectivity index (χ0n) is 15.8. The summed E-state index contributed by atoms with van der Waals surface area (Å²) in [5.74, 6) is 0.735. The molecule has 0 atom stereocenters. The molecule has 0 bridgehead atoms. The highest BCUT2D eigenvalue weighted by Gasteiger charge is 2.18. The SMILES string of the molecule is COc1ccc(-c2nn3ccn(Cc4cccc(C)c4)c(=O)c3c2CO)cc1. The molecule has 6 heteroatoms. The van der Waals surface area contributed by atoms with E-state index in [1.54, 1.807) is 28.6 Å². The van der Waals surface area contributed by atoms with Crippen LogP contribution in [-0.4, -0.2) is 26.4 Å². The van der Waals surface area contributed by atoms with E-state index in [1.807, 2.05) is 49.4 Å². The van der Waals surface area contributed by atoms with Gasteiger partial charge >= 0.3 is 0 Å². The van der Waals surface area contributed by atoms with Gasteiger partial charge in [0.15, 0.2) is 0 Å². The van der Waals surface area contributed by atoms with Crippen molar-refractivity contribution >= 4 is 5.52 Å². The smallest absolute Gasteiger partial charge is 0.277 e. The second-order valence-corrected chi connectivity index (χ2v) is 6.73. The minimum atomic E-state index is -0.269. The number of methoxy groups -OCH3 is 1. The van der Waals surface area contributed by atoms with E-state index < -0.39 is 0 Å². The van der Waals surface area contributed by atoms with Crippen molar-refractivity contribution in [1.82, 2.24) is 14.2 Å². The van der Waals surface area contributed by atoms with Crippen LogP contribution in [-0.2, 0) is 13.2 Å². The molecular weight excluding hydrogens is 354 g/mol.